The molecule has 2 N–H and O–H groups in total. The van der Waals surface area contributed by atoms with Gasteiger partial charge in [0.1, 0.15) is 0 Å². The first-order chi connectivity index (χ1) is 15.7. The molecule has 0 aromatic heterocycles. The van der Waals surface area contributed by atoms with Crippen LogP contribution in [0, 0.1) is 5.92 Å². The Hall–Kier alpha value is -2.28. The molecule has 1 amide bonds. The summed E-state index contributed by atoms with van der Waals surface area (Å²) in [5.74, 6) is -5.39. The summed E-state index contributed by atoms with van der Waals surface area (Å²) in [5.41, 5.74) is 1.29. The number of halogens is 2. The maximum atomic E-state index is 14.0. The first kappa shape index (κ1) is 27.0. The Morgan fingerprint density at radius 3 is 2.55 bits per heavy atom. The summed E-state index contributed by atoms with van der Waals surface area (Å²) in [5, 5.41) is 19.1. The van der Waals surface area contributed by atoms with Crippen LogP contribution in [0.4, 0.5) is 8.78 Å². The van der Waals surface area contributed by atoms with Crippen molar-refractivity contribution in [3.63, 3.8) is 0 Å². The second-order valence-electron chi connectivity index (χ2n) is 9.12. The van der Waals surface area contributed by atoms with E-state index in [0.29, 0.717) is 25.7 Å². The van der Waals surface area contributed by atoms with E-state index in [2.05, 4.69) is 12.1 Å². The molecule has 33 heavy (non-hydrogen) atoms. The lowest BCUT2D eigenvalue weighted by Crippen LogP contribution is -2.36. The first-order valence-electron chi connectivity index (χ1n) is 12.0. The minimum atomic E-state index is -3.38. The molecule has 0 saturated carbocycles. The molecule has 3 atom stereocenters. The van der Waals surface area contributed by atoms with Gasteiger partial charge in [0, 0.05) is 19.4 Å². The fourth-order valence-corrected chi connectivity index (χ4v) is 4.21. The second kappa shape index (κ2) is 13.4. The van der Waals surface area contributed by atoms with Crippen LogP contribution in [0.15, 0.2) is 42.5 Å². The van der Waals surface area contributed by atoms with Gasteiger partial charge in [0.25, 0.3) is 5.91 Å². The van der Waals surface area contributed by atoms with Gasteiger partial charge in [0.05, 0.1) is 12.1 Å². The third-order valence-corrected chi connectivity index (χ3v) is 6.31. The van der Waals surface area contributed by atoms with Crippen LogP contribution in [0.2, 0.25) is 0 Å². The number of aliphatic hydroxyl groups excluding tert-OH is 1. The molecule has 0 aliphatic carbocycles. The van der Waals surface area contributed by atoms with Crippen LogP contribution in [0.25, 0.3) is 0 Å². The minimum absolute atomic E-state index is 0.00248. The lowest BCUT2D eigenvalue weighted by atomic mass is 9.95. The van der Waals surface area contributed by atoms with Gasteiger partial charge in [-0.1, -0.05) is 68.7 Å². The highest BCUT2D eigenvalue weighted by atomic mass is 19.3. The van der Waals surface area contributed by atoms with Gasteiger partial charge in [-0.3, -0.25) is 9.59 Å². The van der Waals surface area contributed by atoms with E-state index in [1.807, 2.05) is 25.1 Å². The highest BCUT2D eigenvalue weighted by Gasteiger charge is 2.52. The maximum Gasteiger partial charge on any atom is 0.327 e. The van der Waals surface area contributed by atoms with Gasteiger partial charge in [-0.05, 0) is 43.6 Å². The Morgan fingerprint density at radius 2 is 1.85 bits per heavy atom. The van der Waals surface area contributed by atoms with Gasteiger partial charge in [0.15, 0.2) is 0 Å². The van der Waals surface area contributed by atoms with Crippen LogP contribution in [0.5, 0.6) is 0 Å². The molecule has 5 nitrogen and oxygen atoms in total. The number of nitrogens with zero attached hydrogens (tertiary/aromatic N) is 1. The van der Waals surface area contributed by atoms with Crippen molar-refractivity contribution in [3.8, 4) is 0 Å². The van der Waals surface area contributed by atoms with Crippen LogP contribution >= 0.6 is 0 Å². The molecule has 2 rings (SSSR count). The molecule has 0 unspecified atom stereocenters. The third-order valence-electron chi connectivity index (χ3n) is 6.31. The molecule has 0 bridgehead atoms. The molecule has 1 aliphatic heterocycles. The molecule has 1 aromatic carbocycles. The molecule has 1 heterocycles. The van der Waals surface area contributed by atoms with Crippen molar-refractivity contribution in [3.05, 3.63) is 48.0 Å². The highest BCUT2D eigenvalue weighted by Crippen LogP contribution is 2.34. The summed E-state index contributed by atoms with van der Waals surface area (Å²) in [6.45, 7) is 2.16. The van der Waals surface area contributed by atoms with Crippen LogP contribution in [0.1, 0.15) is 70.3 Å². The zero-order valence-corrected chi connectivity index (χ0v) is 19.5. The Labute approximate surface area is 195 Å². The fourth-order valence-electron chi connectivity index (χ4n) is 4.21. The van der Waals surface area contributed by atoms with Crippen LogP contribution < -0.4 is 0 Å². The van der Waals surface area contributed by atoms with E-state index >= 15 is 0 Å². The Balaban J connectivity index is 1.77. The Bertz CT molecular complexity index is 769. The van der Waals surface area contributed by atoms with Gasteiger partial charge in [-0.25, -0.2) is 0 Å². The second-order valence-corrected chi connectivity index (χ2v) is 9.12. The van der Waals surface area contributed by atoms with Gasteiger partial charge >= 0.3 is 11.9 Å². The Kier molecular flexibility index (Phi) is 11.0. The molecule has 7 heteroatoms. The molecule has 0 radical (unpaired) electrons. The number of aliphatic hydroxyl groups is 1. The number of carbonyl (C=O) groups is 2. The van der Waals surface area contributed by atoms with Crippen molar-refractivity contribution in [2.75, 3.05) is 6.54 Å². The van der Waals surface area contributed by atoms with Crippen LogP contribution in [-0.4, -0.2) is 51.6 Å². The van der Waals surface area contributed by atoms with Crippen molar-refractivity contribution in [1.82, 2.24) is 4.90 Å². The van der Waals surface area contributed by atoms with E-state index in [1.54, 1.807) is 12.2 Å². The molecule has 1 fully saturated rings. The molecular formula is C26H37F2NO4. The van der Waals surface area contributed by atoms with Gasteiger partial charge < -0.3 is 15.1 Å². The van der Waals surface area contributed by atoms with E-state index in [9.17, 15) is 23.5 Å². The van der Waals surface area contributed by atoms with E-state index in [1.165, 1.54) is 10.5 Å². The number of carboxylic acid groups (broad SMARTS) is 1. The number of carboxylic acids is 1. The van der Waals surface area contributed by atoms with E-state index in [4.69, 9.17) is 5.11 Å². The van der Waals surface area contributed by atoms with Crippen LogP contribution in [-0.2, 0) is 16.0 Å². The van der Waals surface area contributed by atoms with E-state index < -0.39 is 36.4 Å². The number of alkyl halides is 2. The number of hydrogen-bond acceptors (Lipinski definition) is 3. The number of unbranched alkanes of at least 4 members (excludes halogenated alkanes) is 4. The quantitative estimate of drug-likeness (QED) is 0.275. The fraction of sp³-hybridized carbons (Fsp3) is 0.615. The minimum Gasteiger partial charge on any atom is -0.481 e. The molecular weight excluding hydrogens is 428 g/mol. The lowest BCUT2D eigenvalue weighted by molar-refractivity contribution is -0.148. The number of likely N-dealkylation sites (tertiary alicyclic amines) is 1. The van der Waals surface area contributed by atoms with Crippen molar-refractivity contribution in [2.24, 2.45) is 5.92 Å². The number of aryl methyl sites for hydroxylation is 1. The van der Waals surface area contributed by atoms with Crippen molar-refractivity contribution in [1.29, 1.82) is 0 Å². The molecule has 0 spiro atoms. The average Bonchev–Trinajstić information content (AvgIpc) is 3.00. The number of aliphatic carboxylic acids is 1. The predicted octanol–water partition coefficient (Wildman–Crippen LogP) is 5.22. The maximum absolute atomic E-state index is 14.0. The number of rotatable bonds is 15. The number of benzene rings is 1. The monoisotopic (exact) mass is 465 g/mol. The first-order valence-corrected chi connectivity index (χ1v) is 12.0. The average molecular weight is 466 g/mol. The number of amides is 1. The standard InChI is InChI=1S/C26H37F2NO4/c1-20(11-8-9-14-21-12-5-4-6-13-21)23(30)17-16-22-19-26(27,28)25(33)29(22)18-10-3-2-7-15-24(31)32/h4-6,12-13,16-17,20,22-23,30H,2-3,7-11,14-15,18-19H2,1H3,(H,31,32)/t20-,22-,23-/m0/s1. The van der Waals surface area contributed by atoms with E-state index in [-0.39, 0.29) is 18.9 Å². The van der Waals surface area contributed by atoms with Crippen molar-refractivity contribution >= 4 is 11.9 Å². The summed E-state index contributed by atoms with van der Waals surface area (Å²) < 4.78 is 28.1. The summed E-state index contributed by atoms with van der Waals surface area (Å²) in [7, 11) is 0. The molecule has 1 aromatic rings. The number of hydrogen-bond donors (Lipinski definition) is 2. The zero-order valence-electron chi connectivity index (χ0n) is 19.5. The topological polar surface area (TPSA) is 77.8 Å². The predicted molar refractivity (Wildman–Crippen MR) is 124 cm³/mol. The van der Waals surface area contributed by atoms with Crippen LogP contribution in [0.3, 0.4) is 0 Å². The zero-order chi connectivity index (χ0) is 24.3. The third kappa shape index (κ3) is 9.24. The summed E-state index contributed by atoms with van der Waals surface area (Å²) in [4.78, 5) is 23.9. The van der Waals surface area contributed by atoms with Crippen molar-refractivity contribution in [2.45, 2.75) is 89.2 Å². The summed E-state index contributed by atoms with van der Waals surface area (Å²) >= 11 is 0. The van der Waals surface area contributed by atoms with E-state index in [0.717, 1.165) is 25.7 Å². The molecule has 1 saturated heterocycles. The van der Waals surface area contributed by atoms with Gasteiger partial charge in [-0.15, -0.1) is 0 Å². The largest absolute Gasteiger partial charge is 0.481 e. The SMILES string of the molecule is C[C@@H](CCCCc1ccccc1)[C@@H](O)C=C[C@H]1CC(F)(F)C(=O)N1CCCCCCC(=O)O. The summed E-state index contributed by atoms with van der Waals surface area (Å²) in [6.07, 6.45) is 8.15. The highest BCUT2D eigenvalue weighted by molar-refractivity contribution is 5.86. The smallest absolute Gasteiger partial charge is 0.327 e. The number of carbonyl (C=O) groups excluding carboxylic acids is 1. The summed E-state index contributed by atoms with van der Waals surface area (Å²) in [6, 6.07) is 9.50. The normalized spacial score (nSPS) is 19.8. The van der Waals surface area contributed by atoms with Gasteiger partial charge in [-0.2, -0.15) is 8.78 Å². The van der Waals surface area contributed by atoms with Crippen molar-refractivity contribution < 1.29 is 28.6 Å². The molecule has 1 aliphatic rings. The Morgan fingerprint density at radius 1 is 1.15 bits per heavy atom. The molecule has 184 valence electrons. The van der Waals surface area contributed by atoms with Gasteiger partial charge in [0.2, 0.25) is 0 Å². The lowest BCUT2D eigenvalue weighted by Gasteiger charge is -2.22.